The number of hydrogen-bond acceptors (Lipinski definition) is 5. The number of ether oxygens (including phenoxy) is 2. The van der Waals surface area contributed by atoms with Crippen LogP contribution in [0.1, 0.15) is 80.1 Å². The van der Waals surface area contributed by atoms with E-state index in [-0.39, 0.29) is 41.8 Å². The zero-order valence-electron chi connectivity index (χ0n) is 19.6. The fourth-order valence-corrected chi connectivity index (χ4v) is 5.59. The van der Waals surface area contributed by atoms with Crippen LogP contribution in [-0.4, -0.2) is 36.4 Å². The van der Waals surface area contributed by atoms with Gasteiger partial charge in [0.05, 0.1) is 5.92 Å². The van der Waals surface area contributed by atoms with Gasteiger partial charge in [-0.2, -0.15) is 0 Å². The third-order valence-corrected chi connectivity index (χ3v) is 7.50. The van der Waals surface area contributed by atoms with E-state index in [9.17, 15) is 14.7 Å². The number of hydrogen-bond donors (Lipinski definition) is 1. The summed E-state index contributed by atoms with van der Waals surface area (Å²) in [5, 5.41) is 9.97. The van der Waals surface area contributed by atoms with Gasteiger partial charge < -0.3 is 14.6 Å². The SMILES string of the molecule is CC(=O)OCC(O)COC(=O)C1C(C)CCC2(C)C(CCC=C(C)C)=CCCC12C. The molecule has 0 aliphatic heterocycles. The Kier molecular flexibility index (Phi) is 8.32. The van der Waals surface area contributed by atoms with Crippen molar-refractivity contribution in [1.29, 1.82) is 0 Å². The van der Waals surface area contributed by atoms with Gasteiger partial charge in [0.25, 0.3) is 0 Å². The Hall–Kier alpha value is -1.62. The maximum absolute atomic E-state index is 13.2. The smallest absolute Gasteiger partial charge is 0.309 e. The van der Waals surface area contributed by atoms with Gasteiger partial charge in [0.2, 0.25) is 0 Å². The van der Waals surface area contributed by atoms with Crippen LogP contribution in [0.25, 0.3) is 0 Å². The van der Waals surface area contributed by atoms with E-state index in [1.54, 1.807) is 0 Å². The van der Waals surface area contributed by atoms with Gasteiger partial charge >= 0.3 is 11.9 Å². The molecule has 2 aliphatic carbocycles. The highest BCUT2D eigenvalue weighted by Gasteiger charge is 2.58. The highest BCUT2D eigenvalue weighted by atomic mass is 16.6. The van der Waals surface area contributed by atoms with Crippen LogP contribution in [0, 0.1) is 22.7 Å². The van der Waals surface area contributed by atoms with Crippen molar-refractivity contribution in [3.8, 4) is 0 Å². The Morgan fingerprint density at radius 1 is 1.20 bits per heavy atom. The number of carbonyl (C=O) groups is 2. The van der Waals surface area contributed by atoms with E-state index in [4.69, 9.17) is 9.47 Å². The first-order valence-electron chi connectivity index (χ1n) is 11.3. The molecular weight excluding hydrogens is 380 g/mol. The van der Waals surface area contributed by atoms with E-state index >= 15 is 0 Å². The monoisotopic (exact) mass is 420 g/mol. The van der Waals surface area contributed by atoms with E-state index in [0.29, 0.717) is 0 Å². The summed E-state index contributed by atoms with van der Waals surface area (Å²) < 4.78 is 10.3. The molecule has 0 amide bonds. The lowest BCUT2D eigenvalue weighted by Crippen LogP contribution is -2.55. The lowest BCUT2D eigenvalue weighted by Gasteiger charge is -2.59. The van der Waals surface area contributed by atoms with Gasteiger partial charge in [-0.05, 0) is 69.1 Å². The van der Waals surface area contributed by atoms with Gasteiger partial charge in [0, 0.05) is 6.92 Å². The molecule has 2 rings (SSSR count). The first kappa shape index (κ1) is 24.6. The molecule has 0 radical (unpaired) electrons. The first-order chi connectivity index (χ1) is 14.0. The van der Waals surface area contributed by atoms with Gasteiger partial charge in [-0.15, -0.1) is 0 Å². The zero-order chi connectivity index (χ0) is 22.5. The molecule has 0 aromatic heterocycles. The van der Waals surface area contributed by atoms with E-state index in [1.807, 2.05) is 0 Å². The Morgan fingerprint density at radius 2 is 1.87 bits per heavy atom. The number of fused-ring (bicyclic) bond motifs is 1. The van der Waals surface area contributed by atoms with E-state index in [1.165, 1.54) is 18.1 Å². The van der Waals surface area contributed by atoms with Crippen molar-refractivity contribution in [2.75, 3.05) is 13.2 Å². The van der Waals surface area contributed by atoms with Crippen molar-refractivity contribution >= 4 is 11.9 Å². The van der Waals surface area contributed by atoms with Crippen molar-refractivity contribution in [2.24, 2.45) is 22.7 Å². The van der Waals surface area contributed by atoms with Crippen molar-refractivity contribution < 1.29 is 24.2 Å². The number of carbonyl (C=O) groups excluding carboxylic acids is 2. The maximum Gasteiger partial charge on any atom is 0.309 e. The fourth-order valence-electron chi connectivity index (χ4n) is 5.59. The second-order valence-electron chi connectivity index (χ2n) is 9.92. The molecule has 5 unspecified atom stereocenters. The quantitative estimate of drug-likeness (QED) is 0.443. The van der Waals surface area contributed by atoms with E-state index in [2.05, 4.69) is 46.8 Å². The van der Waals surface area contributed by atoms with Gasteiger partial charge in [-0.1, -0.05) is 44.1 Å². The van der Waals surface area contributed by atoms with E-state index in [0.717, 1.165) is 38.5 Å². The molecule has 2 aliphatic rings. The Balaban J connectivity index is 2.14. The van der Waals surface area contributed by atoms with Crippen LogP contribution >= 0.6 is 0 Å². The summed E-state index contributed by atoms with van der Waals surface area (Å²) in [4.78, 5) is 24.1. The largest absolute Gasteiger partial charge is 0.463 e. The molecule has 5 heteroatoms. The third-order valence-electron chi connectivity index (χ3n) is 7.50. The summed E-state index contributed by atoms with van der Waals surface area (Å²) in [5.74, 6) is -0.662. The minimum Gasteiger partial charge on any atom is -0.463 e. The average Bonchev–Trinajstić information content (AvgIpc) is 2.66. The highest BCUT2D eigenvalue weighted by Crippen LogP contribution is 2.63. The topological polar surface area (TPSA) is 72.8 Å². The van der Waals surface area contributed by atoms with Gasteiger partial charge in [-0.3, -0.25) is 9.59 Å². The summed E-state index contributed by atoms with van der Waals surface area (Å²) in [6, 6.07) is 0. The third kappa shape index (κ3) is 5.35. The van der Waals surface area contributed by atoms with Gasteiger partial charge in [0.15, 0.2) is 0 Å². The molecule has 5 atom stereocenters. The molecule has 0 aromatic carbocycles. The maximum atomic E-state index is 13.2. The van der Waals surface area contributed by atoms with Crippen LogP contribution in [0.15, 0.2) is 23.3 Å². The van der Waals surface area contributed by atoms with Gasteiger partial charge in [0.1, 0.15) is 19.3 Å². The average molecular weight is 421 g/mol. The Labute approximate surface area is 181 Å². The molecule has 0 heterocycles. The summed E-state index contributed by atoms with van der Waals surface area (Å²) in [6.07, 6.45) is 9.80. The summed E-state index contributed by atoms with van der Waals surface area (Å²) in [6.45, 7) is 12.0. The number of rotatable bonds is 8. The van der Waals surface area contributed by atoms with Gasteiger partial charge in [-0.25, -0.2) is 0 Å². The van der Waals surface area contributed by atoms with Crippen LogP contribution < -0.4 is 0 Å². The summed E-state index contributed by atoms with van der Waals surface area (Å²) >= 11 is 0. The number of esters is 2. The molecule has 0 aromatic rings. The lowest BCUT2D eigenvalue weighted by molar-refractivity contribution is -0.171. The molecule has 30 heavy (non-hydrogen) atoms. The molecule has 0 saturated heterocycles. The molecule has 170 valence electrons. The normalized spacial score (nSPS) is 31.8. The number of allylic oxidation sites excluding steroid dienone is 4. The van der Waals surface area contributed by atoms with Crippen LogP contribution in [0.4, 0.5) is 0 Å². The van der Waals surface area contributed by atoms with Crippen molar-refractivity contribution in [3.63, 3.8) is 0 Å². The molecule has 1 saturated carbocycles. The lowest BCUT2D eigenvalue weighted by atomic mass is 9.45. The van der Waals surface area contributed by atoms with Crippen molar-refractivity contribution in [3.05, 3.63) is 23.3 Å². The van der Waals surface area contributed by atoms with Crippen molar-refractivity contribution in [2.45, 2.75) is 86.2 Å². The second-order valence-corrected chi connectivity index (χ2v) is 9.92. The minimum atomic E-state index is -0.998. The highest BCUT2D eigenvalue weighted by molar-refractivity contribution is 5.74. The van der Waals surface area contributed by atoms with Crippen LogP contribution in [0.2, 0.25) is 0 Å². The van der Waals surface area contributed by atoms with E-state index < -0.39 is 12.1 Å². The van der Waals surface area contributed by atoms with Crippen molar-refractivity contribution in [1.82, 2.24) is 0 Å². The van der Waals surface area contributed by atoms with Crippen LogP contribution in [0.3, 0.4) is 0 Å². The molecule has 1 N–H and O–H groups in total. The standard InChI is InChI=1S/C25H40O5/c1-17(2)9-7-10-20-11-8-13-25(6)22(18(3)12-14-24(20,25)5)23(28)30-16-21(27)15-29-19(4)26/h9,11,18,21-22,27H,7-8,10,12-16H2,1-6H3. The summed E-state index contributed by atoms with van der Waals surface area (Å²) in [7, 11) is 0. The molecule has 1 fully saturated rings. The molecule has 0 spiro atoms. The molecular formula is C25H40O5. The minimum absolute atomic E-state index is 0.0205. The number of aliphatic hydroxyl groups excluding tert-OH is 1. The second kappa shape index (κ2) is 10.1. The molecule has 0 bridgehead atoms. The van der Waals surface area contributed by atoms with Crippen LogP contribution in [-0.2, 0) is 19.1 Å². The first-order valence-corrected chi connectivity index (χ1v) is 11.3. The number of aliphatic hydroxyl groups is 1. The fraction of sp³-hybridized carbons (Fsp3) is 0.760. The van der Waals surface area contributed by atoms with Crippen LogP contribution in [0.5, 0.6) is 0 Å². The summed E-state index contributed by atoms with van der Waals surface area (Å²) in [5.41, 5.74) is 2.63. The predicted molar refractivity (Wildman–Crippen MR) is 118 cm³/mol. The zero-order valence-corrected chi connectivity index (χ0v) is 19.6. The Bertz CT molecular complexity index is 690. The molecule has 5 nitrogen and oxygen atoms in total. The Morgan fingerprint density at radius 3 is 2.50 bits per heavy atom. The predicted octanol–water partition coefficient (Wildman–Crippen LogP) is 4.98.